The molecule has 1 heterocycles. The van der Waals surface area contributed by atoms with Gasteiger partial charge >= 0.3 is 6.09 Å². The van der Waals surface area contributed by atoms with E-state index in [-0.39, 0.29) is 11.0 Å². The molecular weight excluding hydrogens is 428 g/mol. The van der Waals surface area contributed by atoms with Gasteiger partial charge in [0.2, 0.25) is 0 Å². The van der Waals surface area contributed by atoms with Gasteiger partial charge in [0.1, 0.15) is 11.4 Å². The van der Waals surface area contributed by atoms with Gasteiger partial charge in [0.25, 0.3) is 10.0 Å². The molecule has 1 N–H and O–H groups in total. The summed E-state index contributed by atoms with van der Waals surface area (Å²) in [5, 5.41) is 0. The highest BCUT2D eigenvalue weighted by Crippen LogP contribution is 2.24. The molecule has 0 aromatic heterocycles. The minimum Gasteiger partial charge on any atom is -0.493 e. The van der Waals surface area contributed by atoms with Crippen molar-refractivity contribution in [1.29, 1.82) is 0 Å². The number of sulfonamides is 1. The van der Waals surface area contributed by atoms with Crippen LogP contribution >= 0.6 is 0 Å². The predicted molar refractivity (Wildman–Crippen MR) is 124 cm³/mol. The maximum absolute atomic E-state index is 12.6. The summed E-state index contributed by atoms with van der Waals surface area (Å²) in [6, 6.07) is 13.6. The number of benzene rings is 2. The highest BCUT2D eigenvalue weighted by atomic mass is 32.2. The Morgan fingerprint density at radius 3 is 2.38 bits per heavy atom. The summed E-state index contributed by atoms with van der Waals surface area (Å²) in [6.07, 6.45) is 1.39. The summed E-state index contributed by atoms with van der Waals surface area (Å²) in [7, 11) is -3.66. The molecule has 174 valence electrons. The summed E-state index contributed by atoms with van der Waals surface area (Å²) in [5.74, 6) is 0.922. The fourth-order valence-electron chi connectivity index (χ4n) is 3.40. The molecule has 0 unspecified atom stereocenters. The van der Waals surface area contributed by atoms with Crippen LogP contribution in [0.25, 0.3) is 0 Å². The maximum Gasteiger partial charge on any atom is 0.410 e. The van der Waals surface area contributed by atoms with Crippen LogP contribution in [-0.4, -0.2) is 44.7 Å². The summed E-state index contributed by atoms with van der Waals surface area (Å²) in [6.45, 7) is 9.28. The number of nitrogens with zero attached hydrogens (tertiary/aromatic N) is 1. The summed E-state index contributed by atoms with van der Waals surface area (Å²) >= 11 is 0. The highest BCUT2D eigenvalue weighted by Gasteiger charge is 2.27. The van der Waals surface area contributed by atoms with E-state index in [2.05, 4.69) is 4.72 Å². The Hall–Kier alpha value is -2.74. The minimum atomic E-state index is -3.66. The van der Waals surface area contributed by atoms with E-state index in [1.165, 1.54) is 0 Å². The lowest BCUT2D eigenvalue weighted by molar-refractivity contribution is 0.0165. The topological polar surface area (TPSA) is 84.9 Å². The van der Waals surface area contributed by atoms with E-state index in [4.69, 9.17) is 9.47 Å². The van der Waals surface area contributed by atoms with Crippen molar-refractivity contribution in [3.8, 4) is 5.75 Å². The van der Waals surface area contributed by atoms with Crippen molar-refractivity contribution in [2.45, 2.75) is 51.0 Å². The molecule has 1 saturated heterocycles. The van der Waals surface area contributed by atoms with Crippen LogP contribution in [0.3, 0.4) is 0 Å². The molecule has 1 aliphatic heterocycles. The molecule has 1 aliphatic rings. The minimum absolute atomic E-state index is 0.214. The fourth-order valence-corrected chi connectivity index (χ4v) is 4.45. The summed E-state index contributed by atoms with van der Waals surface area (Å²) < 4.78 is 39.2. The van der Waals surface area contributed by atoms with Crippen LogP contribution < -0.4 is 9.46 Å². The van der Waals surface area contributed by atoms with Gasteiger partial charge in [0.15, 0.2) is 0 Å². The molecule has 0 saturated carbocycles. The Balaban J connectivity index is 1.51. The van der Waals surface area contributed by atoms with Crippen LogP contribution in [0.5, 0.6) is 5.75 Å². The van der Waals surface area contributed by atoms with Crippen molar-refractivity contribution in [2.24, 2.45) is 5.92 Å². The Labute approximate surface area is 190 Å². The number of carbonyl (C=O) groups is 1. The van der Waals surface area contributed by atoms with Crippen molar-refractivity contribution in [1.82, 2.24) is 4.90 Å². The SMILES string of the molecule is Cc1ccc(S(=O)(=O)Nc2cccc(OCC3CCN(C(=O)OC(C)(C)C)CC3)c2)cc1. The van der Waals surface area contributed by atoms with Crippen LogP contribution in [0.15, 0.2) is 53.4 Å². The number of ether oxygens (including phenoxy) is 2. The summed E-state index contributed by atoms with van der Waals surface area (Å²) in [5.41, 5.74) is 0.947. The van der Waals surface area contributed by atoms with E-state index < -0.39 is 15.6 Å². The normalized spacial score (nSPS) is 15.3. The van der Waals surface area contributed by atoms with Crippen molar-refractivity contribution in [3.63, 3.8) is 0 Å². The van der Waals surface area contributed by atoms with Gasteiger partial charge in [-0.3, -0.25) is 4.72 Å². The number of hydrogen-bond acceptors (Lipinski definition) is 5. The summed E-state index contributed by atoms with van der Waals surface area (Å²) in [4.78, 5) is 14.1. The largest absolute Gasteiger partial charge is 0.493 e. The number of likely N-dealkylation sites (tertiary alicyclic amines) is 1. The molecule has 1 fully saturated rings. The van der Waals surface area contributed by atoms with E-state index >= 15 is 0 Å². The Morgan fingerprint density at radius 2 is 1.75 bits per heavy atom. The molecule has 0 bridgehead atoms. The first-order valence-corrected chi connectivity index (χ1v) is 12.3. The number of aryl methyl sites for hydroxylation is 1. The van der Waals surface area contributed by atoms with Gasteiger partial charge < -0.3 is 14.4 Å². The number of hydrogen-bond donors (Lipinski definition) is 1. The molecule has 0 aliphatic carbocycles. The second-order valence-electron chi connectivity index (χ2n) is 9.17. The van der Waals surface area contributed by atoms with E-state index in [0.29, 0.717) is 37.1 Å². The molecule has 1 amide bonds. The van der Waals surface area contributed by atoms with Gasteiger partial charge in [-0.1, -0.05) is 23.8 Å². The second-order valence-corrected chi connectivity index (χ2v) is 10.9. The molecule has 0 atom stereocenters. The zero-order chi connectivity index (χ0) is 23.4. The maximum atomic E-state index is 12.6. The third kappa shape index (κ3) is 6.88. The molecule has 2 aromatic carbocycles. The zero-order valence-corrected chi connectivity index (χ0v) is 19.9. The number of carbonyl (C=O) groups excluding carboxylic acids is 1. The lowest BCUT2D eigenvalue weighted by atomic mass is 9.98. The fraction of sp³-hybridized carbons (Fsp3) is 0.458. The molecule has 0 spiro atoms. The van der Waals surface area contributed by atoms with Crippen molar-refractivity contribution in [3.05, 3.63) is 54.1 Å². The molecule has 3 rings (SSSR count). The monoisotopic (exact) mass is 460 g/mol. The van der Waals surface area contributed by atoms with E-state index in [9.17, 15) is 13.2 Å². The smallest absolute Gasteiger partial charge is 0.410 e. The Kier molecular flexibility index (Phi) is 7.33. The van der Waals surface area contributed by atoms with Crippen molar-refractivity contribution < 1.29 is 22.7 Å². The molecule has 8 heteroatoms. The average molecular weight is 461 g/mol. The van der Waals surface area contributed by atoms with Gasteiger partial charge in [0.05, 0.1) is 17.2 Å². The quantitative estimate of drug-likeness (QED) is 0.668. The van der Waals surface area contributed by atoms with Crippen LogP contribution in [0.2, 0.25) is 0 Å². The first kappa shape index (κ1) is 23.9. The van der Waals surface area contributed by atoms with E-state index in [1.54, 1.807) is 53.4 Å². The van der Waals surface area contributed by atoms with Crippen LogP contribution in [-0.2, 0) is 14.8 Å². The Morgan fingerprint density at radius 1 is 1.09 bits per heavy atom. The lowest BCUT2D eigenvalue weighted by Crippen LogP contribution is -2.42. The lowest BCUT2D eigenvalue weighted by Gasteiger charge is -2.33. The average Bonchev–Trinajstić information content (AvgIpc) is 2.72. The van der Waals surface area contributed by atoms with Gasteiger partial charge in [-0.05, 0) is 70.7 Å². The first-order valence-electron chi connectivity index (χ1n) is 10.8. The molecular formula is C24H32N2O5S. The predicted octanol–water partition coefficient (Wildman–Crippen LogP) is 4.82. The van der Waals surface area contributed by atoms with Gasteiger partial charge in [-0.2, -0.15) is 0 Å². The number of nitrogens with one attached hydrogen (secondary N) is 1. The molecule has 7 nitrogen and oxygen atoms in total. The number of amides is 1. The third-order valence-electron chi connectivity index (χ3n) is 5.17. The van der Waals surface area contributed by atoms with Crippen molar-refractivity contribution >= 4 is 21.8 Å². The molecule has 32 heavy (non-hydrogen) atoms. The standard InChI is InChI=1S/C24H32N2O5S/c1-18-8-10-22(11-9-18)32(28,29)25-20-6-5-7-21(16-20)30-17-19-12-14-26(15-13-19)23(27)31-24(2,3)4/h5-11,16,19,25H,12-15,17H2,1-4H3. The number of piperidine rings is 1. The van der Waals surface area contributed by atoms with Crippen molar-refractivity contribution in [2.75, 3.05) is 24.4 Å². The van der Waals surface area contributed by atoms with Gasteiger partial charge in [-0.15, -0.1) is 0 Å². The van der Waals surface area contributed by atoms with Crippen LogP contribution in [0, 0.1) is 12.8 Å². The number of rotatable bonds is 6. The number of anilines is 1. The highest BCUT2D eigenvalue weighted by molar-refractivity contribution is 7.92. The molecule has 2 aromatic rings. The van der Waals surface area contributed by atoms with E-state index in [0.717, 1.165) is 18.4 Å². The Bertz CT molecular complexity index is 1020. The van der Waals surface area contributed by atoms with Gasteiger partial charge in [0, 0.05) is 19.2 Å². The zero-order valence-electron chi connectivity index (χ0n) is 19.1. The van der Waals surface area contributed by atoms with Gasteiger partial charge in [-0.25, -0.2) is 13.2 Å². The van der Waals surface area contributed by atoms with E-state index in [1.807, 2.05) is 27.7 Å². The molecule has 0 radical (unpaired) electrons. The second kappa shape index (κ2) is 9.81. The first-order chi connectivity index (χ1) is 15.0. The van der Waals surface area contributed by atoms with Crippen LogP contribution in [0.4, 0.5) is 10.5 Å². The van der Waals surface area contributed by atoms with Crippen LogP contribution in [0.1, 0.15) is 39.2 Å². The third-order valence-corrected chi connectivity index (χ3v) is 6.57.